The summed E-state index contributed by atoms with van der Waals surface area (Å²) >= 11 is 0. The lowest BCUT2D eigenvalue weighted by Crippen LogP contribution is -2.22. The van der Waals surface area contributed by atoms with E-state index in [-0.39, 0.29) is 6.04 Å². The predicted molar refractivity (Wildman–Crippen MR) is 72.8 cm³/mol. The van der Waals surface area contributed by atoms with Gasteiger partial charge >= 0.3 is 0 Å². The van der Waals surface area contributed by atoms with E-state index in [0.29, 0.717) is 17.9 Å². The third-order valence-corrected chi connectivity index (χ3v) is 3.35. The molecular weight excluding hydrogens is 210 g/mol. The molecule has 0 spiro atoms. The number of nitrogens with two attached hydrogens (primary N) is 1. The van der Waals surface area contributed by atoms with Crippen LogP contribution in [-0.2, 0) is 0 Å². The molecule has 3 nitrogen and oxygen atoms in total. The minimum absolute atomic E-state index is 0.102. The van der Waals surface area contributed by atoms with E-state index in [0.717, 1.165) is 12.8 Å². The quantitative estimate of drug-likeness (QED) is 0.822. The SMILES string of the molecule is CCC(C(C)C)n1cncc1C(N)CC(C)C. The zero-order chi connectivity index (χ0) is 13.0. The van der Waals surface area contributed by atoms with E-state index in [1.54, 1.807) is 0 Å². The fourth-order valence-corrected chi connectivity index (χ4v) is 2.50. The van der Waals surface area contributed by atoms with Crippen LogP contribution in [0.1, 0.15) is 65.2 Å². The lowest BCUT2D eigenvalue weighted by Gasteiger charge is -2.25. The average molecular weight is 237 g/mol. The van der Waals surface area contributed by atoms with Gasteiger partial charge in [0.15, 0.2) is 0 Å². The van der Waals surface area contributed by atoms with Crippen LogP contribution in [0.3, 0.4) is 0 Å². The summed E-state index contributed by atoms with van der Waals surface area (Å²) in [4.78, 5) is 4.28. The molecule has 0 saturated heterocycles. The highest BCUT2D eigenvalue weighted by Gasteiger charge is 2.19. The summed E-state index contributed by atoms with van der Waals surface area (Å²) in [5, 5.41) is 0. The van der Waals surface area contributed by atoms with Crippen LogP contribution in [0.4, 0.5) is 0 Å². The maximum atomic E-state index is 6.27. The second kappa shape index (κ2) is 6.20. The van der Waals surface area contributed by atoms with E-state index in [1.807, 2.05) is 12.5 Å². The Kier molecular flexibility index (Phi) is 5.19. The number of nitrogens with zero attached hydrogens (tertiary/aromatic N) is 2. The Balaban J connectivity index is 2.91. The van der Waals surface area contributed by atoms with E-state index in [1.165, 1.54) is 5.69 Å². The highest BCUT2D eigenvalue weighted by molar-refractivity contribution is 5.06. The van der Waals surface area contributed by atoms with Crippen molar-refractivity contribution in [1.29, 1.82) is 0 Å². The number of rotatable bonds is 6. The molecular formula is C14H27N3. The summed E-state index contributed by atoms with van der Waals surface area (Å²) in [6.07, 6.45) is 6.00. The summed E-state index contributed by atoms with van der Waals surface area (Å²) in [5.41, 5.74) is 7.45. The molecule has 0 fully saturated rings. The van der Waals surface area contributed by atoms with Crippen LogP contribution in [0.2, 0.25) is 0 Å². The van der Waals surface area contributed by atoms with Crippen molar-refractivity contribution < 1.29 is 0 Å². The highest BCUT2D eigenvalue weighted by atomic mass is 15.1. The van der Waals surface area contributed by atoms with E-state index >= 15 is 0 Å². The smallest absolute Gasteiger partial charge is 0.0951 e. The highest BCUT2D eigenvalue weighted by Crippen LogP contribution is 2.27. The van der Waals surface area contributed by atoms with Gasteiger partial charge in [-0.2, -0.15) is 0 Å². The van der Waals surface area contributed by atoms with Crippen LogP contribution in [0.15, 0.2) is 12.5 Å². The van der Waals surface area contributed by atoms with Crippen LogP contribution >= 0.6 is 0 Å². The molecule has 0 radical (unpaired) electrons. The van der Waals surface area contributed by atoms with Gasteiger partial charge in [0.2, 0.25) is 0 Å². The first kappa shape index (κ1) is 14.2. The van der Waals surface area contributed by atoms with E-state index < -0.39 is 0 Å². The summed E-state index contributed by atoms with van der Waals surface area (Å²) in [5.74, 6) is 1.23. The van der Waals surface area contributed by atoms with Gasteiger partial charge in [0.1, 0.15) is 0 Å². The van der Waals surface area contributed by atoms with Crippen LogP contribution in [-0.4, -0.2) is 9.55 Å². The van der Waals surface area contributed by atoms with Gasteiger partial charge in [0.05, 0.1) is 12.0 Å². The Bertz CT molecular complexity index is 328. The van der Waals surface area contributed by atoms with Gasteiger partial charge in [0.25, 0.3) is 0 Å². The minimum atomic E-state index is 0.102. The van der Waals surface area contributed by atoms with E-state index in [4.69, 9.17) is 5.73 Å². The largest absolute Gasteiger partial charge is 0.330 e. The molecule has 0 amide bonds. The predicted octanol–water partition coefficient (Wildman–Crippen LogP) is 3.54. The molecule has 98 valence electrons. The van der Waals surface area contributed by atoms with Crippen LogP contribution < -0.4 is 5.73 Å². The van der Waals surface area contributed by atoms with Crippen molar-refractivity contribution in [3.05, 3.63) is 18.2 Å². The second-order valence-corrected chi connectivity index (χ2v) is 5.68. The molecule has 0 saturated carbocycles. The number of hydrogen-bond acceptors (Lipinski definition) is 2. The van der Waals surface area contributed by atoms with Crippen molar-refractivity contribution in [2.75, 3.05) is 0 Å². The van der Waals surface area contributed by atoms with Crippen molar-refractivity contribution in [2.45, 2.75) is 59.5 Å². The molecule has 0 aliphatic carbocycles. The van der Waals surface area contributed by atoms with Crippen molar-refractivity contribution in [1.82, 2.24) is 9.55 Å². The minimum Gasteiger partial charge on any atom is -0.330 e. The van der Waals surface area contributed by atoms with Crippen molar-refractivity contribution >= 4 is 0 Å². The lowest BCUT2D eigenvalue weighted by molar-refractivity contribution is 0.346. The molecule has 1 aromatic rings. The molecule has 0 bridgehead atoms. The monoisotopic (exact) mass is 237 g/mol. The van der Waals surface area contributed by atoms with Crippen LogP contribution in [0, 0.1) is 11.8 Å². The Morgan fingerprint density at radius 3 is 2.41 bits per heavy atom. The fraction of sp³-hybridized carbons (Fsp3) is 0.786. The molecule has 2 atom stereocenters. The first-order chi connectivity index (χ1) is 7.97. The Hall–Kier alpha value is -0.830. The molecule has 2 unspecified atom stereocenters. The van der Waals surface area contributed by atoms with Crippen molar-refractivity contribution in [3.8, 4) is 0 Å². The second-order valence-electron chi connectivity index (χ2n) is 5.68. The molecule has 1 heterocycles. The van der Waals surface area contributed by atoms with E-state index in [2.05, 4.69) is 44.2 Å². The van der Waals surface area contributed by atoms with Gasteiger partial charge in [0, 0.05) is 18.3 Å². The van der Waals surface area contributed by atoms with Gasteiger partial charge in [-0.3, -0.25) is 0 Å². The summed E-state index contributed by atoms with van der Waals surface area (Å²) < 4.78 is 2.28. The Morgan fingerprint density at radius 2 is 1.94 bits per heavy atom. The molecule has 0 aliphatic heterocycles. The van der Waals surface area contributed by atoms with Gasteiger partial charge in [-0.25, -0.2) is 4.98 Å². The van der Waals surface area contributed by atoms with Gasteiger partial charge in [-0.15, -0.1) is 0 Å². The van der Waals surface area contributed by atoms with Crippen LogP contribution in [0.5, 0.6) is 0 Å². The maximum absolute atomic E-state index is 6.27. The third kappa shape index (κ3) is 3.56. The Morgan fingerprint density at radius 1 is 1.29 bits per heavy atom. The van der Waals surface area contributed by atoms with Gasteiger partial charge < -0.3 is 10.3 Å². The average Bonchev–Trinajstić information content (AvgIpc) is 2.66. The van der Waals surface area contributed by atoms with Gasteiger partial charge in [-0.05, 0) is 24.7 Å². The van der Waals surface area contributed by atoms with Crippen LogP contribution in [0.25, 0.3) is 0 Å². The van der Waals surface area contributed by atoms with Crippen molar-refractivity contribution in [3.63, 3.8) is 0 Å². The fourth-order valence-electron chi connectivity index (χ4n) is 2.50. The number of imidazole rings is 1. The molecule has 0 aromatic carbocycles. The maximum Gasteiger partial charge on any atom is 0.0951 e. The first-order valence-electron chi connectivity index (χ1n) is 6.74. The summed E-state index contributed by atoms with van der Waals surface area (Å²) in [7, 11) is 0. The molecule has 1 rings (SSSR count). The topological polar surface area (TPSA) is 43.8 Å². The zero-order valence-corrected chi connectivity index (χ0v) is 11.9. The standard InChI is InChI=1S/C14H27N3/c1-6-13(11(4)5)17-9-16-8-14(17)12(15)7-10(2)3/h8-13H,6-7,15H2,1-5H3. The van der Waals surface area contributed by atoms with Crippen molar-refractivity contribution in [2.24, 2.45) is 17.6 Å². The molecule has 2 N–H and O–H groups in total. The number of hydrogen-bond donors (Lipinski definition) is 1. The van der Waals surface area contributed by atoms with Gasteiger partial charge in [-0.1, -0.05) is 34.6 Å². The first-order valence-corrected chi connectivity index (χ1v) is 6.74. The molecule has 1 aromatic heterocycles. The summed E-state index contributed by atoms with van der Waals surface area (Å²) in [6.45, 7) is 11.2. The normalized spacial score (nSPS) is 15.5. The number of aromatic nitrogens is 2. The van der Waals surface area contributed by atoms with E-state index in [9.17, 15) is 0 Å². The Labute approximate surface area is 105 Å². The lowest BCUT2D eigenvalue weighted by atomic mass is 9.98. The molecule has 0 aliphatic rings. The molecule has 17 heavy (non-hydrogen) atoms. The molecule has 3 heteroatoms. The zero-order valence-electron chi connectivity index (χ0n) is 11.9. The third-order valence-electron chi connectivity index (χ3n) is 3.35. The summed E-state index contributed by atoms with van der Waals surface area (Å²) in [6, 6.07) is 0.607.